The van der Waals surface area contributed by atoms with E-state index in [1.54, 1.807) is 25.2 Å². The van der Waals surface area contributed by atoms with E-state index in [0.717, 1.165) is 6.54 Å². The Morgan fingerprint density at radius 2 is 1.91 bits per heavy atom. The monoisotopic (exact) mass is 322 g/mol. The highest BCUT2D eigenvalue weighted by molar-refractivity contribution is 5.79. The molecule has 2 rings (SSSR count). The molecule has 0 fully saturated rings. The van der Waals surface area contributed by atoms with Gasteiger partial charge in [0.05, 0.1) is 0 Å². The number of halogens is 2. The minimum absolute atomic E-state index is 0.165. The topological polar surface area (TPSA) is 50.6 Å². The van der Waals surface area contributed by atoms with Crippen molar-refractivity contribution in [3.63, 3.8) is 0 Å². The van der Waals surface area contributed by atoms with Crippen LogP contribution in [-0.2, 0) is 13.1 Å². The molecule has 0 atom stereocenters. The van der Waals surface area contributed by atoms with Crippen molar-refractivity contribution < 1.29 is 13.5 Å². The van der Waals surface area contributed by atoms with Gasteiger partial charge in [0.2, 0.25) is 0 Å². The number of alkyl halides is 2. The number of aromatic nitrogens is 1. The van der Waals surface area contributed by atoms with Gasteiger partial charge in [-0.15, -0.1) is 0 Å². The second kappa shape index (κ2) is 8.77. The molecule has 0 spiro atoms. The minimum Gasteiger partial charge on any atom is -0.434 e. The zero-order valence-corrected chi connectivity index (χ0v) is 12.9. The van der Waals surface area contributed by atoms with E-state index in [4.69, 9.17) is 0 Å². The van der Waals surface area contributed by atoms with Crippen LogP contribution in [0.2, 0.25) is 0 Å². The van der Waals surface area contributed by atoms with E-state index in [-0.39, 0.29) is 5.75 Å². The van der Waals surface area contributed by atoms with Crippen LogP contribution in [0.15, 0.2) is 53.8 Å². The second-order valence-electron chi connectivity index (χ2n) is 4.76. The third-order valence-electron chi connectivity index (χ3n) is 3.19. The molecule has 1 aromatic heterocycles. The Morgan fingerprint density at radius 3 is 2.61 bits per heavy atom. The van der Waals surface area contributed by atoms with Crippen LogP contribution in [0, 0.1) is 0 Å². The van der Waals surface area contributed by atoms with Gasteiger partial charge >= 0.3 is 6.61 Å². The molecule has 23 heavy (non-hydrogen) atoms. The quantitative estimate of drug-likeness (QED) is 0.608. The zero-order valence-electron chi connectivity index (χ0n) is 12.9. The maximum absolute atomic E-state index is 12.4. The van der Waals surface area contributed by atoms with Crippen molar-refractivity contribution in [1.29, 1.82) is 0 Å². The van der Waals surface area contributed by atoms with Gasteiger partial charge in [0.15, 0.2) is 5.96 Å². The smallest absolute Gasteiger partial charge is 0.387 e. The first-order valence-corrected chi connectivity index (χ1v) is 7.27. The van der Waals surface area contributed by atoms with Crippen molar-refractivity contribution in [2.75, 3.05) is 13.6 Å². The summed E-state index contributed by atoms with van der Waals surface area (Å²) >= 11 is 0. The number of rotatable bonds is 7. The van der Waals surface area contributed by atoms with Crippen LogP contribution >= 0.6 is 0 Å². The van der Waals surface area contributed by atoms with E-state index in [1.807, 2.05) is 29.1 Å². The third-order valence-corrected chi connectivity index (χ3v) is 3.19. The van der Waals surface area contributed by atoms with Crippen molar-refractivity contribution in [1.82, 2.24) is 15.2 Å². The fourth-order valence-corrected chi connectivity index (χ4v) is 2.08. The van der Waals surface area contributed by atoms with Gasteiger partial charge in [-0.25, -0.2) is 0 Å². The number of guanidine groups is 1. The summed E-state index contributed by atoms with van der Waals surface area (Å²) in [5, 5.41) is 6.25. The van der Waals surface area contributed by atoms with Crippen LogP contribution in [-0.4, -0.2) is 30.7 Å². The summed E-state index contributed by atoms with van der Waals surface area (Å²) in [4.78, 5) is 4.11. The Hall–Kier alpha value is -2.57. The normalized spacial score (nSPS) is 11.6. The van der Waals surface area contributed by atoms with Crippen molar-refractivity contribution in [2.24, 2.45) is 4.99 Å². The molecule has 0 saturated heterocycles. The van der Waals surface area contributed by atoms with E-state index in [1.165, 1.54) is 6.07 Å². The second-order valence-corrected chi connectivity index (χ2v) is 4.76. The molecule has 124 valence electrons. The van der Waals surface area contributed by atoms with Crippen LogP contribution in [0.1, 0.15) is 5.56 Å². The first-order chi connectivity index (χ1) is 11.2. The van der Waals surface area contributed by atoms with Crippen molar-refractivity contribution in [3.8, 4) is 5.75 Å². The van der Waals surface area contributed by atoms with Gasteiger partial charge in [-0.3, -0.25) is 4.99 Å². The Labute approximate surface area is 134 Å². The Morgan fingerprint density at radius 1 is 1.17 bits per heavy atom. The van der Waals surface area contributed by atoms with Gasteiger partial charge in [-0.1, -0.05) is 18.2 Å². The van der Waals surface area contributed by atoms with Crippen LogP contribution in [0.3, 0.4) is 0 Å². The fourth-order valence-electron chi connectivity index (χ4n) is 2.08. The lowest BCUT2D eigenvalue weighted by molar-refractivity contribution is -0.0504. The Kier molecular flexibility index (Phi) is 6.40. The van der Waals surface area contributed by atoms with Crippen LogP contribution in [0.4, 0.5) is 8.78 Å². The van der Waals surface area contributed by atoms with E-state index in [9.17, 15) is 8.78 Å². The number of nitrogens with one attached hydrogen (secondary N) is 2. The lowest BCUT2D eigenvalue weighted by Gasteiger charge is -2.14. The van der Waals surface area contributed by atoms with Gasteiger partial charge in [0.1, 0.15) is 5.75 Å². The predicted molar refractivity (Wildman–Crippen MR) is 85.7 cm³/mol. The molecule has 2 N–H and O–H groups in total. The lowest BCUT2D eigenvalue weighted by atomic mass is 10.2. The largest absolute Gasteiger partial charge is 0.434 e. The molecule has 0 radical (unpaired) electrons. The molecule has 1 heterocycles. The van der Waals surface area contributed by atoms with E-state index in [2.05, 4.69) is 20.4 Å². The Balaban J connectivity index is 1.83. The lowest BCUT2D eigenvalue weighted by Crippen LogP contribution is -2.38. The minimum atomic E-state index is -2.84. The Bertz CT molecular complexity index is 614. The van der Waals surface area contributed by atoms with E-state index >= 15 is 0 Å². The summed E-state index contributed by atoms with van der Waals surface area (Å²) in [6.45, 7) is -0.996. The first kappa shape index (κ1) is 16.8. The zero-order chi connectivity index (χ0) is 16.5. The molecule has 0 saturated carbocycles. The maximum atomic E-state index is 12.4. The molecular formula is C16H20F2N4O. The van der Waals surface area contributed by atoms with Gasteiger partial charge in [-0.05, 0) is 18.2 Å². The SMILES string of the molecule is CN=C(NCCn1cccc1)NCc1ccccc1OC(F)F. The van der Waals surface area contributed by atoms with Crippen molar-refractivity contribution in [2.45, 2.75) is 19.7 Å². The van der Waals surface area contributed by atoms with Crippen molar-refractivity contribution >= 4 is 5.96 Å². The molecule has 0 aliphatic rings. The molecule has 5 nitrogen and oxygen atoms in total. The molecule has 1 aromatic carbocycles. The number of benzene rings is 1. The van der Waals surface area contributed by atoms with Crippen LogP contribution < -0.4 is 15.4 Å². The summed E-state index contributed by atoms with van der Waals surface area (Å²) in [6, 6.07) is 10.6. The average Bonchev–Trinajstić information content (AvgIpc) is 3.05. The van der Waals surface area contributed by atoms with Crippen LogP contribution in [0.5, 0.6) is 5.75 Å². The molecular weight excluding hydrogens is 302 g/mol. The fraction of sp³-hybridized carbons (Fsp3) is 0.312. The number of aliphatic imine (C=N–C) groups is 1. The third kappa shape index (κ3) is 5.61. The molecule has 0 aliphatic heterocycles. The highest BCUT2D eigenvalue weighted by Crippen LogP contribution is 2.19. The van der Waals surface area contributed by atoms with Crippen LogP contribution in [0.25, 0.3) is 0 Å². The standard InChI is InChI=1S/C16H20F2N4O/c1-19-16(20-8-11-22-9-4-5-10-22)21-12-13-6-2-3-7-14(13)23-15(17)18/h2-7,9-10,15H,8,11-12H2,1H3,(H2,19,20,21). The summed E-state index contributed by atoms with van der Waals surface area (Å²) in [7, 11) is 1.66. The van der Waals surface area contributed by atoms with E-state index in [0.29, 0.717) is 24.6 Å². The van der Waals surface area contributed by atoms with Gasteiger partial charge in [-0.2, -0.15) is 8.78 Å². The summed E-state index contributed by atoms with van der Waals surface area (Å²) < 4.78 is 31.3. The molecule has 2 aromatic rings. The van der Waals surface area contributed by atoms with Crippen molar-refractivity contribution in [3.05, 3.63) is 54.4 Å². The number of hydrogen-bond acceptors (Lipinski definition) is 2. The number of nitrogens with zero attached hydrogens (tertiary/aromatic N) is 2. The van der Waals surface area contributed by atoms with Gasteiger partial charge in [0, 0.05) is 44.6 Å². The highest BCUT2D eigenvalue weighted by Gasteiger charge is 2.09. The van der Waals surface area contributed by atoms with Gasteiger partial charge in [0.25, 0.3) is 0 Å². The first-order valence-electron chi connectivity index (χ1n) is 7.27. The molecule has 7 heteroatoms. The maximum Gasteiger partial charge on any atom is 0.387 e. The summed E-state index contributed by atoms with van der Waals surface area (Å²) in [5.41, 5.74) is 0.640. The average molecular weight is 322 g/mol. The number of hydrogen-bond donors (Lipinski definition) is 2. The summed E-state index contributed by atoms with van der Waals surface area (Å²) in [5.74, 6) is 0.766. The molecule has 0 unspecified atom stereocenters. The highest BCUT2D eigenvalue weighted by atomic mass is 19.3. The number of para-hydroxylation sites is 1. The van der Waals surface area contributed by atoms with Gasteiger partial charge < -0.3 is 19.9 Å². The molecule has 0 amide bonds. The van der Waals surface area contributed by atoms with E-state index < -0.39 is 6.61 Å². The number of ether oxygens (including phenoxy) is 1. The summed E-state index contributed by atoms with van der Waals surface area (Å²) in [6.07, 6.45) is 3.96. The molecule has 0 aliphatic carbocycles. The molecule has 0 bridgehead atoms. The predicted octanol–water partition coefficient (Wildman–Crippen LogP) is 2.45.